The number of nitrogens with one attached hydrogen (secondary N) is 1. The standard InChI is InChI=1S/C13H15BrN2O/c1-16-8-2-7-15-13(16)9-12(17)10-3-5-11(14)6-4-10/h3-6,9,15H,2,7-8H2,1H3/b13-9-. The van der Waals surface area contributed by atoms with Gasteiger partial charge in [0.05, 0.1) is 0 Å². The molecule has 4 heteroatoms. The molecule has 1 saturated heterocycles. The summed E-state index contributed by atoms with van der Waals surface area (Å²) in [5.74, 6) is 0.943. The number of carbonyl (C=O) groups excluding carboxylic acids is 1. The number of hydrogen-bond acceptors (Lipinski definition) is 3. The van der Waals surface area contributed by atoms with Gasteiger partial charge in [0.15, 0.2) is 5.78 Å². The lowest BCUT2D eigenvalue weighted by atomic mass is 10.1. The van der Waals surface area contributed by atoms with E-state index in [-0.39, 0.29) is 5.78 Å². The average molecular weight is 295 g/mol. The zero-order valence-corrected chi connectivity index (χ0v) is 11.3. The topological polar surface area (TPSA) is 32.3 Å². The highest BCUT2D eigenvalue weighted by Gasteiger charge is 2.12. The van der Waals surface area contributed by atoms with E-state index in [0.29, 0.717) is 5.56 Å². The van der Waals surface area contributed by atoms with E-state index in [9.17, 15) is 4.79 Å². The van der Waals surface area contributed by atoms with Crippen LogP contribution in [0.1, 0.15) is 16.8 Å². The molecular weight excluding hydrogens is 280 g/mol. The molecule has 3 nitrogen and oxygen atoms in total. The van der Waals surface area contributed by atoms with E-state index in [1.165, 1.54) is 0 Å². The lowest BCUT2D eigenvalue weighted by molar-refractivity contribution is 0.104. The lowest BCUT2D eigenvalue weighted by Gasteiger charge is -2.28. The van der Waals surface area contributed by atoms with E-state index >= 15 is 0 Å². The third-order valence-electron chi connectivity index (χ3n) is 2.78. The fraction of sp³-hybridized carbons (Fsp3) is 0.308. The van der Waals surface area contributed by atoms with Crippen molar-refractivity contribution in [2.75, 3.05) is 20.1 Å². The van der Waals surface area contributed by atoms with Crippen molar-refractivity contribution in [2.45, 2.75) is 6.42 Å². The van der Waals surface area contributed by atoms with Crippen LogP contribution in [0.4, 0.5) is 0 Å². The van der Waals surface area contributed by atoms with Crippen molar-refractivity contribution in [2.24, 2.45) is 0 Å². The molecule has 0 aliphatic carbocycles. The number of carbonyl (C=O) groups is 1. The van der Waals surface area contributed by atoms with E-state index in [0.717, 1.165) is 29.8 Å². The molecule has 2 rings (SSSR count). The van der Waals surface area contributed by atoms with Crippen LogP contribution in [0.3, 0.4) is 0 Å². The van der Waals surface area contributed by atoms with Gasteiger partial charge in [-0.05, 0) is 30.7 Å². The van der Waals surface area contributed by atoms with Crippen LogP contribution in [0.25, 0.3) is 0 Å². The molecule has 0 radical (unpaired) electrons. The monoisotopic (exact) mass is 294 g/mol. The highest BCUT2D eigenvalue weighted by molar-refractivity contribution is 9.10. The first-order valence-corrected chi connectivity index (χ1v) is 6.43. The van der Waals surface area contributed by atoms with Gasteiger partial charge in [-0.25, -0.2) is 0 Å². The second kappa shape index (κ2) is 5.36. The van der Waals surface area contributed by atoms with Gasteiger partial charge in [-0.2, -0.15) is 0 Å². The van der Waals surface area contributed by atoms with Crippen molar-refractivity contribution < 1.29 is 4.79 Å². The highest BCUT2D eigenvalue weighted by Crippen LogP contribution is 2.12. The largest absolute Gasteiger partial charge is 0.372 e. The zero-order valence-electron chi connectivity index (χ0n) is 9.74. The Kier molecular flexibility index (Phi) is 3.84. The highest BCUT2D eigenvalue weighted by atomic mass is 79.9. The minimum absolute atomic E-state index is 0.0359. The van der Waals surface area contributed by atoms with Gasteiger partial charge in [0.25, 0.3) is 0 Å². The van der Waals surface area contributed by atoms with Crippen molar-refractivity contribution in [3.63, 3.8) is 0 Å². The molecular formula is C13H15BrN2O. The van der Waals surface area contributed by atoms with Crippen molar-refractivity contribution in [3.8, 4) is 0 Å². The second-order valence-electron chi connectivity index (χ2n) is 4.10. The number of halogens is 1. The molecule has 90 valence electrons. The number of nitrogens with zero attached hydrogens (tertiary/aromatic N) is 1. The van der Waals surface area contributed by atoms with E-state index < -0.39 is 0 Å². The van der Waals surface area contributed by atoms with Crippen LogP contribution in [0.5, 0.6) is 0 Å². The third kappa shape index (κ3) is 3.09. The van der Waals surface area contributed by atoms with Gasteiger partial charge >= 0.3 is 0 Å². The Balaban J connectivity index is 2.15. The molecule has 1 aliphatic heterocycles. The van der Waals surface area contributed by atoms with E-state index in [1.807, 2.05) is 31.3 Å². The Labute approximate surface area is 110 Å². The van der Waals surface area contributed by atoms with Gasteiger partial charge in [0.1, 0.15) is 5.82 Å². The maximum atomic E-state index is 12.0. The van der Waals surface area contributed by atoms with Crippen molar-refractivity contribution in [3.05, 3.63) is 46.2 Å². The smallest absolute Gasteiger partial charge is 0.189 e. The first-order chi connectivity index (χ1) is 8.16. The molecule has 1 aliphatic rings. The van der Waals surface area contributed by atoms with Crippen LogP contribution in [0.15, 0.2) is 40.6 Å². The number of hydrogen-bond donors (Lipinski definition) is 1. The Bertz CT molecular complexity index is 439. The predicted octanol–water partition coefficient (Wildman–Crippen LogP) is 2.40. The summed E-state index contributed by atoms with van der Waals surface area (Å²) in [6.07, 6.45) is 2.78. The van der Waals surface area contributed by atoms with Crippen molar-refractivity contribution in [1.29, 1.82) is 0 Å². The number of rotatable bonds is 2. The molecule has 0 atom stereocenters. The average Bonchev–Trinajstić information content (AvgIpc) is 2.33. The summed E-state index contributed by atoms with van der Waals surface area (Å²) in [4.78, 5) is 14.1. The van der Waals surface area contributed by atoms with E-state index in [4.69, 9.17) is 0 Å². The predicted molar refractivity (Wildman–Crippen MR) is 71.8 cm³/mol. The first kappa shape index (κ1) is 12.2. The van der Waals surface area contributed by atoms with Gasteiger partial charge in [-0.1, -0.05) is 15.9 Å². The summed E-state index contributed by atoms with van der Waals surface area (Å²) in [5.41, 5.74) is 0.710. The summed E-state index contributed by atoms with van der Waals surface area (Å²) in [7, 11) is 1.99. The Hall–Kier alpha value is -1.29. The lowest BCUT2D eigenvalue weighted by Crippen LogP contribution is -2.37. The van der Waals surface area contributed by atoms with Gasteiger partial charge < -0.3 is 10.2 Å². The maximum absolute atomic E-state index is 12.0. The molecule has 1 heterocycles. The summed E-state index contributed by atoms with van der Waals surface area (Å²) in [6, 6.07) is 7.41. The van der Waals surface area contributed by atoms with Crippen LogP contribution in [-0.4, -0.2) is 30.8 Å². The first-order valence-electron chi connectivity index (χ1n) is 5.63. The number of ketones is 1. The van der Waals surface area contributed by atoms with Gasteiger partial charge in [-0.15, -0.1) is 0 Å². The van der Waals surface area contributed by atoms with Crippen molar-refractivity contribution >= 4 is 21.7 Å². The molecule has 0 unspecified atom stereocenters. The molecule has 0 aromatic heterocycles. The summed E-state index contributed by atoms with van der Waals surface area (Å²) >= 11 is 3.36. The second-order valence-corrected chi connectivity index (χ2v) is 5.02. The number of allylic oxidation sites excluding steroid dienone is 1. The SMILES string of the molecule is CN1CCCN/C1=C/C(=O)c1ccc(Br)cc1. The van der Waals surface area contributed by atoms with Gasteiger partial charge in [0, 0.05) is 36.2 Å². The normalized spacial score (nSPS) is 18.0. The van der Waals surface area contributed by atoms with Crippen molar-refractivity contribution in [1.82, 2.24) is 10.2 Å². The fourth-order valence-electron chi connectivity index (χ4n) is 1.77. The van der Waals surface area contributed by atoms with Crippen LogP contribution in [-0.2, 0) is 0 Å². The number of benzene rings is 1. The summed E-state index contributed by atoms with van der Waals surface area (Å²) in [6.45, 7) is 1.93. The molecule has 0 amide bonds. The Morgan fingerprint density at radius 2 is 2.12 bits per heavy atom. The third-order valence-corrected chi connectivity index (χ3v) is 3.31. The van der Waals surface area contributed by atoms with Crippen LogP contribution >= 0.6 is 15.9 Å². The van der Waals surface area contributed by atoms with Crippen LogP contribution < -0.4 is 5.32 Å². The molecule has 1 aromatic rings. The summed E-state index contributed by atoms with van der Waals surface area (Å²) in [5, 5.41) is 3.24. The maximum Gasteiger partial charge on any atom is 0.189 e. The van der Waals surface area contributed by atoms with Crippen LogP contribution in [0, 0.1) is 0 Å². The van der Waals surface area contributed by atoms with Gasteiger partial charge in [0.2, 0.25) is 0 Å². The minimum Gasteiger partial charge on any atom is -0.372 e. The van der Waals surface area contributed by atoms with E-state index in [2.05, 4.69) is 26.1 Å². The van der Waals surface area contributed by atoms with Gasteiger partial charge in [-0.3, -0.25) is 4.79 Å². The zero-order chi connectivity index (χ0) is 12.3. The minimum atomic E-state index is 0.0359. The fourth-order valence-corrected chi connectivity index (χ4v) is 2.04. The Morgan fingerprint density at radius 3 is 2.76 bits per heavy atom. The molecule has 0 saturated carbocycles. The van der Waals surface area contributed by atoms with E-state index in [1.54, 1.807) is 6.08 Å². The quantitative estimate of drug-likeness (QED) is 0.671. The molecule has 1 fully saturated rings. The Morgan fingerprint density at radius 1 is 1.41 bits per heavy atom. The molecule has 0 bridgehead atoms. The summed E-state index contributed by atoms with van der Waals surface area (Å²) < 4.78 is 0.981. The molecule has 0 spiro atoms. The molecule has 1 aromatic carbocycles. The molecule has 17 heavy (non-hydrogen) atoms. The van der Waals surface area contributed by atoms with Crippen LogP contribution in [0.2, 0.25) is 0 Å². The molecule has 1 N–H and O–H groups in total.